The van der Waals surface area contributed by atoms with Crippen molar-refractivity contribution < 1.29 is 4.74 Å². The zero-order chi connectivity index (χ0) is 14.4. The van der Waals surface area contributed by atoms with Crippen LogP contribution in [0.2, 0.25) is 0 Å². The Bertz CT molecular complexity index is 622. The Morgan fingerprint density at radius 3 is 2.85 bits per heavy atom. The van der Waals surface area contributed by atoms with E-state index in [1.807, 2.05) is 36.6 Å². The number of thiophene rings is 1. The number of anilines is 1. The molecule has 0 unspecified atom stereocenters. The standard InChI is InChI=1S/C14H15N3OS2/c1-10-7-8-20-13(10)9-15-17-14(19)16-11-5-3-4-6-12(11)18-2/h3-9H,1-2H3,(H2,16,17,19)/b15-9+. The van der Waals surface area contributed by atoms with Gasteiger partial charge in [-0.3, -0.25) is 5.43 Å². The number of nitrogens with zero attached hydrogens (tertiary/aromatic N) is 1. The first-order valence-electron chi connectivity index (χ1n) is 5.98. The number of ether oxygens (including phenoxy) is 1. The van der Waals surface area contributed by atoms with E-state index in [-0.39, 0.29) is 0 Å². The van der Waals surface area contributed by atoms with Crippen LogP contribution in [-0.2, 0) is 0 Å². The smallest absolute Gasteiger partial charge is 0.191 e. The fourth-order valence-corrected chi connectivity index (χ4v) is 2.51. The van der Waals surface area contributed by atoms with Crippen LogP contribution in [0.1, 0.15) is 10.4 Å². The molecule has 6 heteroatoms. The number of hydrazone groups is 1. The first kappa shape index (κ1) is 14.5. The van der Waals surface area contributed by atoms with Crippen molar-refractivity contribution in [1.82, 2.24) is 5.43 Å². The predicted molar refractivity (Wildman–Crippen MR) is 89.0 cm³/mol. The molecule has 0 aliphatic rings. The maximum absolute atomic E-state index is 5.24. The van der Waals surface area contributed by atoms with E-state index in [0.29, 0.717) is 5.11 Å². The summed E-state index contributed by atoms with van der Waals surface area (Å²) < 4.78 is 5.24. The highest BCUT2D eigenvalue weighted by molar-refractivity contribution is 7.80. The summed E-state index contributed by atoms with van der Waals surface area (Å²) >= 11 is 6.82. The number of nitrogens with one attached hydrogen (secondary N) is 2. The van der Waals surface area contributed by atoms with Gasteiger partial charge in [0, 0.05) is 4.88 Å². The van der Waals surface area contributed by atoms with Crippen molar-refractivity contribution in [3.8, 4) is 5.75 Å². The molecule has 1 heterocycles. The van der Waals surface area contributed by atoms with Crippen LogP contribution in [0.3, 0.4) is 0 Å². The molecule has 1 aromatic carbocycles. The Hall–Kier alpha value is -1.92. The molecule has 2 N–H and O–H groups in total. The van der Waals surface area contributed by atoms with Gasteiger partial charge in [-0.2, -0.15) is 5.10 Å². The second kappa shape index (κ2) is 7.02. The van der Waals surface area contributed by atoms with Crippen molar-refractivity contribution >= 4 is 40.6 Å². The van der Waals surface area contributed by atoms with Crippen molar-refractivity contribution in [2.75, 3.05) is 12.4 Å². The van der Waals surface area contributed by atoms with E-state index in [9.17, 15) is 0 Å². The molecule has 0 aliphatic heterocycles. The highest BCUT2D eigenvalue weighted by Crippen LogP contribution is 2.22. The number of aryl methyl sites for hydroxylation is 1. The van der Waals surface area contributed by atoms with Gasteiger partial charge in [0.2, 0.25) is 0 Å². The number of benzene rings is 1. The van der Waals surface area contributed by atoms with Gasteiger partial charge in [-0.25, -0.2) is 0 Å². The van der Waals surface area contributed by atoms with E-state index in [2.05, 4.69) is 21.9 Å². The lowest BCUT2D eigenvalue weighted by Crippen LogP contribution is -2.24. The topological polar surface area (TPSA) is 45.6 Å². The largest absolute Gasteiger partial charge is 0.495 e. The third-order valence-electron chi connectivity index (χ3n) is 2.60. The van der Waals surface area contributed by atoms with Crippen molar-refractivity contribution in [2.45, 2.75) is 6.92 Å². The third kappa shape index (κ3) is 3.79. The third-order valence-corrected chi connectivity index (χ3v) is 3.75. The number of hydrogen-bond acceptors (Lipinski definition) is 4. The van der Waals surface area contributed by atoms with E-state index in [0.717, 1.165) is 16.3 Å². The average molecular weight is 305 g/mol. The molecule has 0 spiro atoms. The molecule has 2 aromatic rings. The van der Waals surface area contributed by atoms with Crippen LogP contribution in [0.25, 0.3) is 0 Å². The SMILES string of the molecule is COc1ccccc1NC(=S)N/N=C/c1sccc1C. The minimum Gasteiger partial charge on any atom is -0.495 e. The molecule has 20 heavy (non-hydrogen) atoms. The first-order valence-corrected chi connectivity index (χ1v) is 7.26. The molecule has 0 atom stereocenters. The van der Waals surface area contributed by atoms with Crippen LogP contribution in [0.4, 0.5) is 5.69 Å². The molecular formula is C14H15N3OS2. The van der Waals surface area contributed by atoms with Crippen LogP contribution in [0.5, 0.6) is 5.75 Å². The fraction of sp³-hybridized carbons (Fsp3) is 0.143. The van der Waals surface area contributed by atoms with Crippen molar-refractivity contribution in [3.05, 3.63) is 46.2 Å². The number of thiocarbonyl (C=S) groups is 1. The van der Waals surface area contributed by atoms with E-state index in [1.54, 1.807) is 24.7 Å². The Kier molecular flexibility index (Phi) is 5.09. The Morgan fingerprint density at radius 2 is 2.15 bits per heavy atom. The summed E-state index contributed by atoms with van der Waals surface area (Å²) in [7, 11) is 1.62. The second-order valence-corrected chi connectivity index (χ2v) is 5.35. The van der Waals surface area contributed by atoms with Crippen molar-refractivity contribution in [2.24, 2.45) is 5.10 Å². The van der Waals surface area contributed by atoms with Crippen molar-refractivity contribution in [3.63, 3.8) is 0 Å². The summed E-state index contributed by atoms with van der Waals surface area (Å²) in [5.74, 6) is 0.731. The molecule has 104 valence electrons. The second-order valence-electron chi connectivity index (χ2n) is 3.99. The average Bonchev–Trinajstić information content (AvgIpc) is 2.85. The Labute approximate surface area is 127 Å². The van der Waals surface area contributed by atoms with Gasteiger partial charge in [-0.05, 0) is 48.3 Å². The molecule has 0 bridgehead atoms. The van der Waals surface area contributed by atoms with Crippen molar-refractivity contribution in [1.29, 1.82) is 0 Å². The summed E-state index contributed by atoms with van der Waals surface area (Å²) in [5, 5.41) is 9.60. The summed E-state index contributed by atoms with van der Waals surface area (Å²) in [6.07, 6.45) is 1.76. The normalized spacial score (nSPS) is 10.5. The Balaban J connectivity index is 1.93. The summed E-state index contributed by atoms with van der Waals surface area (Å²) in [6.45, 7) is 2.04. The van der Waals surface area contributed by atoms with Gasteiger partial charge >= 0.3 is 0 Å². The number of methoxy groups -OCH3 is 1. The zero-order valence-electron chi connectivity index (χ0n) is 11.2. The van der Waals surface area contributed by atoms with E-state index in [4.69, 9.17) is 17.0 Å². The lowest BCUT2D eigenvalue weighted by Gasteiger charge is -2.10. The highest BCUT2D eigenvalue weighted by atomic mass is 32.1. The van der Waals surface area contributed by atoms with E-state index < -0.39 is 0 Å². The molecule has 0 radical (unpaired) electrons. The van der Waals surface area contributed by atoms with Gasteiger partial charge in [-0.1, -0.05) is 12.1 Å². The molecule has 4 nitrogen and oxygen atoms in total. The van der Waals surface area contributed by atoms with Crippen LogP contribution in [0.15, 0.2) is 40.8 Å². The number of hydrogen-bond donors (Lipinski definition) is 2. The summed E-state index contributed by atoms with van der Waals surface area (Å²) in [4.78, 5) is 1.11. The van der Waals surface area contributed by atoms with Gasteiger partial charge in [0.05, 0.1) is 19.0 Å². The van der Waals surface area contributed by atoms with Gasteiger partial charge in [0.1, 0.15) is 5.75 Å². The summed E-state index contributed by atoms with van der Waals surface area (Å²) in [6, 6.07) is 9.62. The monoisotopic (exact) mass is 305 g/mol. The van der Waals surface area contributed by atoms with Gasteiger partial charge in [-0.15, -0.1) is 11.3 Å². The number of rotatable bonds is 4. The molecule has 1 aromatic heterocycles. The summed E-state index contributed by atoms with van der Waals surface area (Å²) in [5.41, 5.74) is 4.79. The molecule has 0 amide bonds. The molecule has 0 aliphatic carbocycles. The van der Waals surface area contributed by atoms with Crippen LogP contribution < -0.4 is 15.5 Å². The minimum absolute atomic E-state index is 0.417. The first-order chi connectivity index (χ1) is 9.70. The quantitative estimate of drug-likeness (QED) is 0.516. The maximum atomic E-state index is 5.24. The molecule has 0 saturated heterocycles. The zero-order valence-corrected chi connectivity index (χ0v) is 12.8. The number of para-hydroxylation sites is 2. The van der Waals surface area contributed by atoms with Gasteiger partial charge < -0.3 is 10.1 Å². The highest BCUT2D eigenvalue weighted by Gasteiger charge is 2.02. The van der Waals surface area contributed by atoms with Crippen LogP contribution >= 0.6 is 23.6 Å². The molecule has 2 rings (SSSR count). The van der Waals surface area contributed by atoms with Gasteiger partial charge in [0.15, 0.2) is 5.11 Å². The molecule has 0 fully saturated rings. The lowest BCUT2D eigenvalue weighted by atomic mass is 10.3. The molecule has 0 saturated carbocycles. The van der Waals surface area contributed by atoms with Gasteiger partial charge in [0.25, 0.3) is 0 Å². The van der Waals surface area contributed by atoms with E-state index in [1.165, 1.54) is 5.56 Å². The van der Waals surface area contributed by atoms with Crippen LogP contribution in [-0.4, -0.2) is 18.4 Å². The predicted octanol–water partition coefficient (Wildman–Crippen LogP) is 3.39. The maximum Gasteiger partial charge on any atom is 0.191 e. The van der Waals surface area contributed by atoms with Crippen LogP contribution in [0, 0.1) is 6.92 Å². The fourth-order valence-electron chi connectivity index (χ4n) is 1.56. The van der Waals surface area contributed by atoms with E-state index >= 15 is 0 Å². The molecular weight excluding hydrogens is 290 g/mol. The minimum atomic E-state index is 0.417. The Morgan fingerprint density at radius 1 is 1.35 bits per heavy atom. The lowest BCUT2D eigenvalue weighted by molar-refractivity contribution is 0.417.